The van der Waals surface area contributed by atoms with E-state index in [-0.39, 0.29) is 0 Å². The number of rotatable bonds is 4. The van der Waals surface area contributed by atoms with Gasteiger partial charge in [-0.2, -0.15) is 11.8 Å². The molecular weight excluding hydrogens is 178 g/mol. The van der Waals surface area contributed by atoms with Crippen molar-refractivity contribution >= 4 is 11.8 Å². The third-order valence-electron chi connectivity index (χ3n) is 2.18. The molecule has 2 N–H and O–H groups in total. The minimum Gasteiger partial charge on any atom is -0.326 e. The van der Waals surface area contributed by atoms with Crippen LogP contribution in [0.5, 0.6) is 0 Å². The van der Waals surface area contributed by atoms with Crippen LogP contribution in [0.3, 0.4) is 0 Å². The third-order valence-corrected chi connectivity index (χ3v) is 3.16. The molecule has 0 aliphatic carbocycles. The lowest BCUT2D eigenvalue weighted by molar-refractivity contribution is 0.942. The van der Waals surface area contributed by atoms with Crippen molar-refractivity contribution in [2.45, 2.75) is 25.1 Å². The van der Waals surface area contributed by atoms with E-state index in [1.165, 1.54) is 11.1 Å². The van der Waals surface area contributed by atoms with Gasteiger partial charge in [-0.15, -0.1) is 0 Å². The number of hydrogen-bond donors (Lipinski definition) is 1. The van der Waals surface area contributed by atoms with Gasteiger partial charge in [-0.25, -0.2) is 0 Å². The second kappa shape index (κ2) is 5.30. The standard InChI is InChI=1S/C11H17NS/c1-9(13-2)7-10-3-5-11(8-12)6-4-10/h3-6,9H,7-8,12H2,1-2H3. The molecule has 0 saturated carbocycles. The zero-order chi connectivity index (χ0) is 9.68. The lowest BCUT2D eigenvalue weighted by Crippen LogP contribution is -2.01. The summed E-state index contributed by atoms with van der Waals surface area (Å²) in [5.74, 6) is 0. The summed E-state index contributed by atoms with van der Waals surface area (Å²) >= 11 is 1.90. The van der Waals surface area contributed by atoms with Gasteiger partial charge in [0.25, 0.3) is 0 Å². The largest absolute Gasteiger partial charge is 0.326 e. The van der Waals surface area contributed by atoms with Gasteiger partial charge >= 0.3 is 0 Å². The van der Waals surface area contributed by atoms with Gasteiger partial charge < -0.3 is 5.73 Å². The first-order valence-electron chi connectivity index (χ1n) is 4.57. The summed E-state index contributed by atoms with van der Waals surface area (Å²) in [5, 5.41) is 0.698. The van der Waals surface area contributed by atoms with Gasteiger partial charge in [-0.3, -0.25) is 0 Å². The van der Waals surface area contributed by atoms with Crippen LogP contribution in [-0.2, 0) is 13.0 Å². The van der Waals surface area contributed by atoms with Crippen molar-refractivity contribution in [3.63, 3.8) is 0 Å². The molecule has 1 aromatic rings. The molecule has 0 fully saturated rings. The molecule has 1 aromatic carbocycles. The fourth-order valence-corrected chi connectivity index (χ4v) is 1.59. The number of nitrogens with two attached hydrogens (primary N) is 1. The van der Waals surface area contributed by atoms with E-state index in [4.69, 9.17) is 5.73 Å². The summed E-state index contributed by atoms with van der Waals surface area (Å²) in [6.07, 6.45) is 3.30. The fourth-order valence-electron chi connectivity index (χ4n) is 1.23. The first-order valence-corrected chi connectivity index (χ1v) is 5.85. The molecule has 0 aliphatic heterocycles. The molecule has 0 aromatic heterocycles. The SMILES string of the molecule is CSC(C)Cc1ccc(CN)cc1. The van der Waals surface area contributed by atoms with E-state index in [2.05, 4.69) is 37.4 Å². The molecule has 0 bridgehead atoms. The minimum atomic E-state index is 0.637. The summed E-state index contributed by atoms with van der Waals surface area (Å²) in [6, 6.07) is 8.58. The first-order chi connectivity index (χ1) is 6.26. The van der Waals surface area contributed by atoms with Crippen molar-refractivity contribution in [1.82, 2.24) is 0 Å². The van der Waals surface area contributed by atoms with Crippen molar-refractivity contribution in [2.24, 2.45) is 5.73 Å². The van der Waals surface area contributed by atoms with Crippen LogP contribution >= 0.6 is 11.8 Å². The second-order valence-electron chi connectivity index (χ2n) is 3.27. The summed E-state index contributed by atoms with van der Waals surface area (Å²) in [6.45, 7) is 2.89. The van der Waals surface area contributed by atoms with E-state index in [1.54, 1.807) is 0 Å². The van der Waals surface area contributed by atoms with Crippen LogP contribution in [-0.4, -0.2) is 11.5 Å². The predicted octanol–water partition coefficient (Wildman–Crippen LogP) is 2.44. The average molecular weight is 195 g/mol. The summed E-state index contributed by atoms with van der Waals surface area (Å²) in [4.78, 5) is 0. The molecule has 0 radical (unpaired) electrons. The van der Waals surface area contributed by atoms with Gasteiger partial charge in [-0.1, -0.05) is 31.2 Å². The van der Waals surface area contributed by atoms with Gasteiger partial charge in [0.15, 0.2) is 0 Å². The maximum absolute atomic E-state index is 5.52. The topological polar surface area (TPSA) is 26.0 Å². The zero-order valence-electron chi connectivity index (χ0n) is 8.29. The van der Waals surface area contributed by atoms with E-state index in [9.17, 15) is 0 Å². The molecule has 0 heterocycles. The van der Waals surface area contributed by atoms with Crippen molar-refractivity contribution < 1.29 is 0 Å². The average Bonchev–Trinajstić information content (AvgIpc) is 2.19. The van der Waals surface area contributed by atoms with E-state index in [1.807, 2.05) is 11.8 Å². The van der Waals surface area contributed by atoms with Gasteiger partial charge in [0.2, 0.25) is 0 Å². The predicted molar refractivity (Wildman–Crippen MR) is 61.0 cm³/mol. The summed E-state index contributed by atoms with van der Waals surface area (Å²) < 4.78 is 0. The lowest BCUT2D eigenvalue weighted by atomic mass is 10.1. The van der Waals surface area contributed by atoms with Crippen LogP contribution in [0.2, 0.25) is 0 Å². The highest BCUT2D eigenvalue weighted by Gasteiger charge is 2.00. The van der Waals surface area contributed by atoms with Crippen LogP contribution in [0.15, 0.2) is 24.3 Å². The Morgan fingerprint density at radius 3 is 2.23 bits per heavy atom. The summed E-state index contributed by atoms with van der Waals surface area (Å²) in [7, 11) is 0. The molecule has 13 heavy (non-hydrogen) atoms. The van der Waals surface area contributed by atoms with E-state index < -0.39 is 0 Å². The summed E-state index contributed by atoms with van der Waals surface area (Å²) in [5.41, 5.74) is 8.13. The Morgan fingerprint density at radius 2 is 1.77 bits per heavy atom. The Hall–Kier alpha value is -0.470. The van der Waals surface area contributed by atoms with Crippen LogP contribution in [0, 0.1) is 0 Å². The highest BCUT2D eigenvalue weighted by Crippen LogP contribution is 2.13. The molecule has 1 nitrogen and oxygen atoms in total. The number of benzene rings is 1. The van der Waals surface area contributed by atoms with Crippen LogP contribution in [0.1, 0.15) is 18.1 Å². The van der Waals surface area contributed by atoms with Crippen molar-refractivity contribution in [1.29, 1.82) is 0 Å². The molecule has 0 spiro atoms. The Morgan fingerprint density at radius 1 is 1.23 bits per heavy atom. The Balaban J connectivity index is 2.58. The quantitative estimate of drug-likeness (QED) is 0.798. The molecule has 1 atom stereocenters. The van der Waals surface area contributed by atoms with E-state index in [0.717, 1.165) is 6.42 Å². The molecule has 1 rings (SSSR count). The van der Waals surface area contributed by atoms with Crippen molar-refractivity contribution in [3.8, 4) is 0 Å². The Bertz CT molecular complexity index is 243. The molecule has 2 heteroatoms. The first kappa shape index (κ1) is 10.6. The van der Waals surface area contributed by atoms with Gasteiger partial charge in [0, 0.05) is 11.8 Å². The minimum absolute atomic E-state index is 0.637. The van der Waals surface area contributed by atoms with E-state index in [0.29, 0.717) is 11.8 Å². The molecule has 1 unspecified atom stereocenters. The van der Waals surface area contributed by atoms with Gasteiger partial charge in [0.05, 0.1) is 0 Å². The van der Waals surface area contributed by atoms with Crippen LogP contribution < -0.4 is 5.73 Å². The van der Waals surface area contributed by atoms with Crippen molar-refractivity contribution in [3.05, 3.63) is 35.4 Å². The molecule has 0 amide bonds. The van der Waals surface area contributed by atoms with Gasteiger partial charge in [-0.05, 0) is 23.8 Å². The van der Waals surface area contributed by atoms with Crippen LogP contribution in [0.25, 0.3) is 0 Å². The van der Waals surface area contributed by atoms with E-state index >= 15 is 0 Å². The van der Waals surface area contributed by atoms with Gasteiger partial charge in [0.1, 0.15) is 0 Å². The fraction of sp³-hybridized carbons (Fsp3) is 0.455. The normalized spacial score (nSPS) is 12.8. The molecular formula is C11H17NS. The maximum Gasteiger partial charge on any atom is 0.0178 e. The number of thioether (sulfide) groups is 1. The Labute approximate surface area is 84.7 Å². The van der Waals surface area contributed by atoms with Crippen molar-refractivity contribution in [2.75, 3.05) is 6.26 Å². The molecule has 72 valence electrons. The zero-order valence-corrected chi connectivity index (χ0v) is 9.10. The highest BCUT2D eigenvalue weighted by molar-refractivity contribution is 7.99. The lowest BCUT2D eigenvalue weighted by Gasteiger charge is -2.08. The monoisotopic (exact) mass is 195 g/mol. The maximum atomic E-state index is 5.52. The smallest absolute Gasteiger partial charge is 0.0178 e. The Kier molecular flexibility index (Phi) is 4.33. The van der Waals surface area contributed by atoms with Crippen LogP contribution in [0.4, 0.5) is 0 Å². The highest BCUT2D eigenvalue weighted by atomic mass is 32.2. The second-order valence-corrected chi connectivity index (χ2v) is 4.55. The molecule has 0 aliphatic rings. The molecule has 0 saturated heterocycles. The third kappa shape index (κ3) is 3.41. The number of hydrogen-bond acceptors (Lipinski definition) is 2.